The van der Waals surface area contributed by atoms with E-state index in [9.17, 15) is 15.2 Å². The molecule has 7 nitrogen and oxygen atoms in total. The molecular formula is C15H15N3O4. The molecule has 7 heteroatoms. The molecule has 0 spiro atoms. The number of phenols is 1. The van der Waals surface area contributed by atoms with Gasteiger partial charge in [0.2, 0.25) is 0 Å². The molecule has 1 aromatic rings. The van der Waals surface area contributed by atoms with Crippen LogP contribution in [-0.4, -0.2) is 22.5 Å². The van der Waals surface area contributed by atoms with Crippen LogP contribution in [0.5, 0.6) is 5.75 Å². The molecule has 0 bridgehead atoms. The highest BCUT2D eigenvalue weighted by molar-refractivity contribution is 5.72. The van der Waals surface area contributed by atoms with Crippen LogP contribution < -0.4 is 5.43 Å². The second-order valence-electron chi connectivity index (χ2n) is 4.47. The molecule has 2 N–H and O–H groups in total. The standard InChI is InChI=1S/C15H15N3O4/c1-11(12-4-6-13(19)7-5-12)17-16-10-2-3-14-8-9-15(22-14)18(20)21/h2-8,10,15,17,19H,1,9H2/b3-2+,16-10+. The maximum Gasteiger partial charge on any atom is 0.357 e. The van der Waals surface area contributed by atoms with Crippen LogP contribution in [0, 0.1) is 10.1 Å². The Bertz CT molecular complexity index is 647. The van der Waals surface area contributed by atoms with Crippen molar-refractivity contribution in [1.29, 1.82) is 0 Å². The van der Waals surface area contributed by atoms with E-state index >= 15 is 0 Å². The molecular weight excluding hydrogens is 286 g/mol. The number of hydrogen-bond donors (Lipinski definition) is 2. The predicted molar refractivity (Wildman–Crippen MR) is 82.5 cm³/mol. The summed E-state index contributed by atoms with van der Waals surface area (Å²) < 4.78 is 5.08. The molecule has 0 fully saturated rings. The van der Waals surface area contributed by atoms with E-state index in [0.29, 0.717) is 11.5 Å². The van der Waals surface area contributed by atoms with Crippen molar-refractivity contribution in [2.45, 2.75) is 12.6 Å². The molecule has 1 aliphatic heterocycles. The Morgan fingerprint density at radius 2 is 2.23 bits per heavy atom. The highest BCUT2D eigenvalue weighted by atomic mass is 16.7. The summed E-state index contributed by atoms with van der Waals surface area (Å²) >= 11 is 0. The van der Waals surface area contributed by atoms with Crippen LogP contribution in [0.15, 0.2) is 59.9 Å². The second kappa shape index (κ2) is 7.07. The van der Waals surface area contributed by atoms with Crippen molar-refractivity contribution in [2.75, 3.05) is 0 Å². The zero-order chi connectivity index (χ0) is 15.9. The number of allylic oxidation sites excluding steroid dienone is 2. The van der Waals surface area contributed by atoms with Gasteiger partial charge in [-0.15, -0.1) is 0 Å². The Hall–Kier alpha value is -3.09. The van der Waals surface area contributed by atoms with Crippen LogP contribution in [0.25, 0.3) is 5.70 Å². The number of aromatic hydroxyl groups is 1. The zero-order valence-electron chi connectivity index (χ0n) is 11.7. The van der Waals surface area contributed by atoms with Crippen molar-refractivity contribution in [3.05, 3.63) is 70.5 Å². The molecule has 1 heterocycles. The average molecular weight is 301 g/mol. The molecule has 0 saturated carbocycles. The summed E-state index contributed by atoms with van der Waals surface area (Å²) in [6.07, 6.45) is 5.60. The van der Waals surface area contributed by atoms with Gasteiger partial charge in [-0.1, -0.05) is 6.58 Å². The first-order valence-electron chi connectivity index (χ1n) is 6.50. The molecule has 0 aliphatic carbocycles. The van der Waals surface area contributed by atoms with Crippen molar-refractivity contribution in [3.63, 3.8) is 0 Å². The summed E-state index contributed by atoms with van der Waals surface area (Å²) in [5.41, 5.74) is 4.12. The van der Waals surface area contributed by atoms with Crippen LogP contribution in [0.1, 0.15) is 12.0 Å². The lowest BCUT2D eigenvalue weighted by Gasteiger charge is -2.04. The average Bonchev–Trinajstić information content (AvgIpc) is 2.96. The van der Waals surface area contributed by atoms with Gasteiger partial charge in [0.15, 0.2) is 0 Å². The number of rotatable bonds is 6. The normalized spacial score (nSPS) is 17.5. The van der Waals surface area contributed by atoms with Gasteiger partial charge in [0.1, 0.15) is 11.5 Å². The molecule has 1 atom stereocenters. The Morgan fingerprint density at radius 3 is 2.86 bits per heavy atom. The third kappa shape index (κ3) is 4.20. The van der Waals surface area contributed by atoms with Gasteiger partial charge in [-0.25, -0.2) is 0 Å². The van der Waals surface area contributed by atoms with Gasteiger partial charge in [-0.3, -0.25) is 15.5 Å². The SMILES string of the molecule is C=C(N/N=C/C=C/C1=CCC([N+](=O)[O-])O1)c1ccc(O)cc1. The molecule has 1 aromatic carbocycles. The molecule has 114 valence electrons. The van der Waals surface area contributed by atoms with E-state index in [1.807, 2.05) is 0 Å². The van der Waals surface area contributed by atoms with Crippen LogP contribution in [-0.2, 0) is 4.74 Å². The quantitative estimate of drug-likeness (QED) is 0.478. The van der Waals surface area contributed by atoms with Crippen LogP contribution in [0.3, 0.4) is 0 Å². The summed E-state index contributed by atoms with van der Waals surface area (Å²) in [7, 11) is 0. The predicted octanol–water partition coefficient (Wildman–Crippen LogP) is 2.40. The summed E-state index contributed by atoms with van der Waals surface area (Å²) in [6.45, 7) is 3.82. The zero-order valence-corrected chi connectivity index (χ0v) is 11.7. The molecule has 0 radical (unpaired) electrons. The van der Waals surface area contributed by atoms with Gasteiger partial charge in [0, 0.05) is 6.21 Å². The highest BCUT2D eigenvalue weighted by Crippen LogP contribution is 2.18. The minimum atomic E-state index is -0.996. The van der Waals surface area contributed by atoms with Crippen molar-refractivity contribution in [3.8, 4) is 5.75 Å². The monoisotopic (exact) mass is 301 g/mol. The van der Waals surface area contributed by atoms with Gasteiger partial charge < -0.3 is 9.84 Å². The molecule has 2 rings (SSSR count). The maximum atomic E-state index is 10.5. The molecule has 0 aromatic heterocycles. The first kappa shape index (κ1) is 15.3. The number of nitrogens with zero attached hydrogens (tertiary/aromatic N) is 2. The number of phenolic OH excluding ortho intramolecular Hbond substituents is 1. The van der Waals surface area contributed by atoms with Crippen LogP contribution >= 0.6 is 0 Å². The Balaban J connectivity index is 1.79. The summed E-state index contributed by atoms with van der Waals surface area (Å²) in [5, 5.41) is 23.7. The smallest absolute Gasteiger partial charge is 0.357 e. The first-order valence-corrected chi connectivity index (χ1v) is 6.50. The van der Waals surface area contributed by atoms with Crippen LogP contribution in [0.4, 0.5) is 0 Å². The fraction of sp³-hybridized carbons (Fsp3) is 0.133. The second-order valence-corrected chi connectivity index (χ2v) is 4.47. The lowest BCUT2D eigenvalue weighted by atomic mass is 10.2. The van der Waals surface area contributed by atoms with Gasteiger partial charge in [-0.2, -0.15) is 5.10 Å². The van der Waals surface area contributed by atoms with E-state index in [1.54, 1.807) is 42.5 Å². The number of hydrogen-bond acceptors (Lipinski definition) is 6. The number of benzene rings is 1. The van der Waals surface area contributed by atoms with E-state index in [0.717, 1.165) is 5.56 Å². The van der Waals surface area contributed by atoms with Gasteiger partial charge in [0.25, 0.3) is 0 Å². The molecule has 1 unspecified atom stereocenters. The van der Waals surface area contributed by atoms with E-state index in [-0.39, 0.29) is 12.2 Å². The lowest BCUT2D eigenvalue weighted by molar-refractivity contribution is -0.566. The Morgan fingerprint density at radius 1 is 1.50 bits per heavy atom. The fourth-order valence-electron chi connectivity index (χ4n) is 1.73. The lowest BCUT2D eigenvalue weighted by Crippen LogP contribution is -2.17. The molecule has 1 aliphatic rings. The maximum absolute atomic E-state index is 10.5. The minimum absolute atomic E-state index is 0.181. The first-order chi connectivity index (χ1) is 10.6. The van der Waals surface area contributed by atoms with Gasteiger partial charge in [0.05, 0.1) is 17.0 Å². The van der Waals surface area contributed by atoms with Gasteiger partial charge in [-0.05, 0) is 48.1 Å². The Labute approximate surface area is 127 Å². The number of hydrazone groups is 1. The van der Waals surface area contributed by atoms with E-state index in [1.165, 1.54) is 6.21 Å². The third-order valence-electron chi connectivity index (χ3n) is 2.86. The van der Waals surface area contributed by atoms with E-state index in [4.69, 9.17) is 4.74 Å². The number of ether oxygens (including phenoxy) is 1. The van der Waals surface area contributed by atoms with E-state index in [2.05, 4.69) is 17.1 Å². The topological polar surface area (TPSA) is 97.0 Å². The van der Waals surface area contributed by atoms with Crippen molar-refractivity contribution in [1.82, 2.24) is 5.43 Å². The number of nitro groups is 1. The summed E-state index contributed by atoms with van der Waals surface area (Å²) in [5.74, 6) is 0.631. The van der Waals surface area contributed by atoms with Crippen molar-refractivity contribution in [2.24, 2.45) is 5.10 Å². The molecule has 0 amide bonds. The fourth-order valence-corrected chi connectivity index (χ4v) is 1.73. The van der Waals surface area contributed by atoms with Crippen molar-refractivity contribution >= 4 is 11.9 Å². The Kier molecular flexibility index (Phi) is 4.92. The molecule has 0 saturated heterocycles. The minimum Gasteiger partial charge on any atom is -0.508 e. The van der Waals surface area contributed by atoms with Crippen LogP contribution in [0.2, 0.25) is 0 Å². The number of nitrogens with one attached hydrogen (secondary N) is 1. The summed E-state index contributed by atoms with van der Waals surface area (Å²) in [4.78, 5) is 10.1. The largest absolute Gasteiger partial charge is 0.508 e. The summed E-state index contributed by atoms with van der Waals surface area (Å²) in [6, 6.07) is 6.54. The van der Waals surface area contributed by atoms with Gasteiger partial charge >= 0.3 is 6.23 Å². The van der Waals surface area contributed by atoms with Crippen molar-refractivity contribution < 1.29 is 14.8 Å². The third-order valence-corrected chi connectivity index (χ3v) is 2.86. The molecule has 22 heavy (non-hydrogen) atoms. The highest BCUT2D eigenvalue weighted by Gasteiger charge is 2.25. The van der Waals surface area contributed by atoms with E-state index < -0.39 is 11.2 Å².